The van der Waals surface area contributed by atoms with E-state index in [1.807, 2.05) is 13.0 Å². The minimum Gasteiger partial charge on any atom is -0.481 e. The molecule has 0 aliphatic rings. The molecule has 0 aromatic carbocycles. The van der Waals surface area contributed by atoms with E-state index < -0.39 is 5.97 Å². The Morgan fingerprint density at radius 1 is 1.43 bits per heavy atom. The lowest BCUT2D eigenvalue weighted by atomic mass is 9.88. The van der Waals surface area contributed by atoms with Crippen LogP contribution in [-0.2, 0) is 4.79 Å². The summed E-state index contributed by atoms with van der Waals surface area (Å²) in [6, 6.07) is 3.64. The summed E-state index contributed by atoms with van der Waals surface area (Å²) in [6.45, 7) is 6.68. The van der Waals surface area contributed by atoms with Gasteiger partial charge in [-0.05, 0) is 37.7 Å². The van der Waals surface area contributed by atoms with Crippen LogP contribution in [0.4, 0.5) is 5.95 Å². The SMILES string of the molecule is Cc1cc(C#N)nc(NCCC(CCC(=O)O)C(C)C)n1. The van der Waals surface area contributed by atoms with Crippen LogP contribution < -0.4 is 5.32 Å². The fourth-order valence-electron chi connectivity index (χ4n) is 2.19. The van der Waals surface area contributed by atoms with Crippen LogP contribution in [0.2, 0.25) is 0 Å². The van der Waals surface area contributed by atoms with Crippen LogP contribution in [0.1, 0.15) is 44.5 Å². The number of anilines is 1. The highest BCUT2D eigenvalue weighted by Gasteiger charge is 2.15. The first-order valence-electron chi connectivity index (χ1n) is 7.13. The Bertz CT molecular complexity index is 523. The molecule has 1 aromatic heterocycles. The normalized spacial score (nSPS) is 12.0. The first-order chi connectivity index (χ1) is 9.92. The molecule has 0 radical (unpaired) electrons. The van der Waals surface area contributed by atoms with Crippen LogP contribution in [0, 0.1) is 30.1 Å². The van der Waals surface area contributed by atoms with E-state index >= 15 is 0 Å². The lowest BCUT2D eigenvalue weighted by Gasteiger charge is -2.20. The van der Waals surface area contributed by atoms with Gasteiger partial charge in [0.25, 0.3) is 0 Å². The molecule has 2 N–H and O–H groups in total. The zero-order chi connectivity index (χ0) is 15.8. The van der Waals surface area contributed by atoms with Crippen LogP contribution in [0.25, 0.3) is 0 Å². The van der Waals surface area contributed by atoms with Crippen molar-refractivity contribution in [2.45, 2.75) is 40.0 Å². The third-order valence-electron chi connectivity index (χ3n) is 3.44. The Kier molecular flexibility index (Phi) is 6.60. The molecular formula is C15H22N4O2. The molecule has 6 heteroatoms. The van der Waals surface area contributed by atoms with E-state index in [1.165, 1.54) is 0 Å². The number of aromatic nitrogens is 2. The van der Waals surface area contributed by atoms with Gasteiger partial charge in [-0.1, -0.05) is 13.8 Å². The van der Waals surface area contributed by atoms with Gasteiger partial charge in [-0.25, -0.2) is 9.97 Å². The fraction of sp³-hybridized carbons (Fsp3) is 0.600. The molecule has 0 saturated heterocycles. The Labute approximate surface area is 125 Å². The third-order valence-corrected chi connectivity index (χ3v) is 3.44. The molecule has 0 bridgehead atoms. The van der Waals surface area contributed by atoms with Crippen molar-refractivity contribution in [1.29, 1.82) is 5.26 Å². The van der Waals surface area contributed by atoms with Gasteiger partial charge >= 0.3 is 5.97 Å². The molecule has 1 heterocycles. The molecule has 0 spiro atoms. The summed E-state index contributed by atoms with van der Waals surface area (Å²) in [5.41, 5.74) is 1.09. The molecule has 114 valence electrons. The molecule has 6 nitrogen and oxygen atoms in total. The standard InChI is InChI=1S/C15H22N4O2/c1-10(2)12(4-5-14(20)21)6-7-17-15-18-11(3)8-13(9-16)19-15/h8,10,12H,4-7H2,1-3H3,(H,20,21)(H,17,18,19). The van der Waals surface area contributed by atoms with Crippen molar-refractivity contribution in [1.82, 2.24) is 9.97 Å². The maximum absolute atomic E-state index is 10.7. The quantitative estimate of drug-likeness (QED) is 0.763. The highest BCUT2D eigenvalue weighted by atomic mass is 16.4. The minimum absolute atomic E-state index is 0.197. The van der Waals surface area contributed by atoms with Gasteiger partial charge in [-0.3, -0.25) is 4.79 Å². The van der Waals surface area contributed by atoms with Gasteiger partial charge in [0.2, 0.25) is 5.95 Å². The summed E-state index contributed by atoms with van der Waals surface area (Å²) in [4.78, 5) is 19.0. The number of carboxylic acids is 1. The second-order valence-electron chi connectivity index (χ2n) is 5.48. The molecule has 1 unspecified atom stereocenters. The fourth-order valence-corrected chi connectivity index (χ4v) is 2.19. The summed E-state index contributed by atoms with van der Waals surface area (Å²) in [5, 5.41) is 20.8. The molecule has 0 aliphatic heterocycles. The maximum Gasteiger partial charge on any atom is 0.303 e. The van der Waals surface area contributed by atoms with Gasteiger partial charge in [0.05, 0.1) is 0 Å². The van der Waals surface area contributed by atoms with Gasteiger partial charge in [0.15, 0.2) is 0 Å². The Morgan fingerprint density at radius 3 is 2.71 bits per heavy atom. The number of nitrogens with one attached hydrogen (secondary N) is 1. The smallest absolute Gasteiger partial charge is 0.303 e. The summed E-state index contributed by atoms with van der Waals surface area (Å²) < 4.78 is 0. The average Bonchev–Trinajstić information content (AvgIpc) is 2.41. The lowest BCUT2D eigenvalue weighted by molar-refractivity contribution is -0.137. The van der Waals surface area contributed by atoms with Gasteiger partial charge in [0, 0.05) is 18.7 Å². The number of carbonyl (C=O) groups is 1. The largest absolute Gasteiger partial charge is 0.481 e. The summed E-state index contributed by atoms with van der Waals surface area (Å²) >= 11 is 0. The molecule has 0 aliphatic carbocycles. The number of nitrogens with zero attached hydrogens (tertiary/aromatic N) is 3. The number of hydrogen-bond donors (Lipinski definition) is 2. The summed E-state index contributed by atoms with van der Waals surface area (Å²) in [6.07, 6.45) is 1.72. The van der Waals surface area contributed by atoms with E-state index in [1.54, 1.807) is 6.07 Å². The number of aryl methyl sites for hydroxylation is 1. The Hall–Kier alpha value is -2.16. The van der Waals surface area contributed by atoms with Crippen LogP contribution in [0.15, 0.2) is 6.07 Å². The van der Waals surface area contributed by atoms with E-state index in [-0.39, 0.29) is 6.42 Å². The lowest BCUT2D eigenvalue weighted by Crippen LogP contribution is -2.16. The maximum atomic E-state index is 10.7. The van der Waals surface area contributed by atoms with Crippen molar-refractivity contribution in [2.75, 3.05) is 11.9 Å². The zero-order valence-corrected chi connectivity index (χ0v) is 12.8. The molecule has 0 amide bonds. The first-order valence-corrected chi connectivity index (χ1v) is 7.13. The van der Waals surface area contributed by atoms with Gasteiger partial charge in [0.1, 0.15) is 11.8 Å². The van der Waals surface area contributed by atoms with E-state index in [2.05, 4.69) is 29.1 Å². The summed E-state index contributed by atoms with van der Waals surface area (Å²) in [5.74, 6) is 0.467. The molecule has 21 heavy (non-hydrogen) atoms. The van der Waals surface area contributed by atoms with Crippen molar-refractivity contribution in [3.63, 3.8) is 0 Å². The van der Waals surface area contributed by atoms with Gasteiger partial charge < -0.3 is 10.4 Å². The number of nitriles is 1. The molecule has 1 rings (SSSR count). The molecular weight excluding hydrogens is 268 g/mol. The predicted octanol–water partition coefficient (Wildman–Crippen LogP) is 2.60. The van der Waals surface area contributed by atoms with Crippen molar-refractivity contribution in [3.8, 4) is 6.07 Å². The molecule has 1 atom stereocenters. The summed E-state index contributed by atoms with van der Waals surface area (Å²) in [7, 11) is 0. The van der Waals surface area contributed by atoms with Crippen molar-refractivity contribution in [3.05, 3.63) is 17.5 Å². The topological polar surface area (TPSA) is 98.9 Å². The van der Waals surface area contributed by atoms with E-state index in [9.17, 15) is 4.79 Å². The number of carboxylic acid groups (broad SMARTS) is 1. The van der Waals surface area contributed by atoms with Crippen molar-refractivity contribution < 1.29 is 9.90 Å². The highest BCUT2D eigenvalue weighted by Crippen LogP contribution is 2.21. The predicted molar refractivity (Wildman–Crippen MR) is 79.8 cm³/mol. The van der Waals surface area contributed by atoms with Crippen LogP contribution in [0.5, 0.6) is 0 Å². The second kappa shape index (κ2) is 8.20. The average molecular weight is 290 g/mol. The van der Waals surface area contributed by atoms with Gasteiger partial charge in [-0.15, -0.1) is 0 Å². The minimum atomic E-state index is -0.755. The van der Waals surface area contributed by atoms with Crippen molar-refractivity contribution in [2.24, 2.45) is 11.8 Å². The van der Waals surface area contributed by atoms with Crippen LogP contribution in [0.3, 0.4) is 0 Å². The van der Waals surface area contributed by atoms with E-state index in [4.69, 9.17) is 10.4 Å². The monoisotopic (exact) mass is 290 g/mol. The zero-order valence-electron chi connectivity index (χ0n) is 12.8. The van der Waals surface area contributed by atoms with Gasteiger partial charge in [-0.2, -0.15) is 5.26 Å². The highest BCUT2D eigenvalue weighted by molar-refractivity contribution is 5.66. The van der Waals surface area contributed by atoms with Crippen LogP contribution >= 0.6 is 0 Å². The molecule has 0 saturated carbocycles. The Morgan fingerprint density at radius 2 is 2.14 bits per heavy atom. The van der Waals surface area contributed by atoms with Crippen LogP contribution in [-0.4, -0.2) is 27.6 Å². The number of rotatable bonds is 8. The number of hydrogen-bond acceptors (Lipinski definition) is 5. The van der Waals surface area contributed by atoms with E-state index in [0.29, 0.717) is 36.4 Å². The Balaban J connectivity index is 2.52. The van der Waals surface area contributed by atoms with Crippen molar-refractivity contribution >= 4 is 11.9 Å². The first kappa shape index (κ1) is 16.9. The van der Waals surface area contributed by atoms with E-state index in [0.717, 1.165) is 12.1 Å². The molecule has 1 aromatic rings. The third kappa shape index (κ3) is 6.21. The number of aliphatic carboxylic acids is 1. The second-order valence-corrected chi connectivity index (χ2v) is 5.48. The molecule has 0 fully saturated rings.